The molecule has 2 aromatic heterocycles. The number of aromatic nitrogens is 4. The first kappa shape index (κ1) is 11.3. The second-order valence-electron chi connectivity index (χ2n) is 5.81. The largest absolute Gasteiger partial charge is 0.304 e. The molecule has 3 unspecified atom stereocenters. The fraction of sp³-hybridized carbons (Fsp3) is 0.643. The van der Waals surface area contributed by atoms with Crippen molar-refractivity contribution < 1.29 is 0 Å². The zero-order valence-corrected chi connectivity index (χ0v) is 11.0. The van der Waals surface area contributed by atoms with Gasteiger partial charge in [0.1, 0.15) is 0 Å². The molecule has 0 aromatic carbocycles. The van der Waals surface area contributed by atoms with Crippen molar-refractivity contribution in [1.29, 1.82) is 0 Å². The van der Waals surface area contributed by atoms with Crippen molar-refractivity contribution in [2.75, 3.05) is 0 Å². The van der Waals surface area contributed by atoms with Gasteiger partial charge in [-0.15, -0.1) is 10.2 Å². The molecule has 0 amide bonds. The van der Waals surface area contributed by atoms with Gasteiger partial charge in [-0.1, -0.05) is 12.8 Å². The van der Waals surface area contributed by atoms with E-state index in [1.807, 2.05) is 6.20 Å². The first-order valence-electron chi connectivity index (χ1n) is 7.32. The summed E-state index contributed by atoms with van der Waals surface area (Å²) in [6, 6.07) is 1.03. The summed E-state index contributed by atoms with van der Waals surface area (Å²) in [5.41, 5.74) is 0.838. The van der Waals surface area contributed by atoms with Gasteiger partial charge in [-0.05, 0) is 31.6 Å². The number of hydrogen-bond acceptors (Lipinski definition) is 4. The molecule has 3 heterocycles. The highest BCUT2D eigenvalue weighted by atomic mass is 15.3. The minimum absolute atomic E-state index is 0.344. The molecule has 2 fully saturated rings. The predicted molar refractivity (Wildman–Crippen MR) is 71.6 cm³/mol. The van der Waals surface area contributed by atoms with E-state index in [-0.39, 0.29) is 0 Å². The number of rotatable bonds is 1. The van der Waals surface area contributed by atoms with Gasteiger partial charge in [-0.3, -0.25) is 9.38 Å². The average Bonchev–Trinajstić information content (AvgIpc) is 2.91. The Morgan fingerprint density at radius 1 is 1.11 bits per heavy atom. The van der Waals surface area contributed by atoms with Gasteiger partial charge in [0.2, 0.25) is 0 Å². The third kappa shape index (κ3) is 1.92. The quantitative estimate of drug-likeness (QED) is 0.850. The zero-order chi connectivity index (χ0) is 12.7. The lowest BCUT2D eigenvalue weighted by molar-refractivity contribution is 0.173. The maximum atomic E-state index is 4.37. The summed E-state index contributed by atoms with van der Waals surface area (Å²) in [5.74, 6) is 1.92. The van der Waals surface area contributed by atoms with Gasteiger partial charge in [-0.25, -0.2) is 0 Å². The van der Waals surface area contributed by atoms with Crippen molar-refractivity contribution in [2.45, 2.75) is 50.6 Å². The predicted octanol–water partition coefficient (Wildman–Crippen LogP) is 2.11. The van der Waals surface area contributed by atoms with Crippen molar-refractivity contribution in [3.05, 3.63) is 24.4 Å². The van der Waals surface area contributed by atoms with E-state index < -0.39 is 0 Å². The lowest BCUT2D eigenvalue weighted by atomic mass is 9.77. The molecule has 0 bridgehead atoms. The molecule has 0 radical (unpaired) electrons. The van der Waals surface area contributed by atoms with E-state index in [2.05, 4.69) is 24.9 Å². The molecule has 2 aromatic rings. The van der Waals surface area contributed by atoms with Crippen LogP contribution >= 0.6 is 0 Å². The Hall–Kier alpha value is -1.49. The number of fused-ring (bicyclic) bond motifs is 2. The number of hydrogen-bond donors (Lipinski definition) is 1. The lowest BCUT2D eigenvalue weighted by Crippen LogP contribution is -2.45. The summed E-state index contributed by atoms with van der Waals surface area (Å²) in [6.07, 6.45) is 13.5. The SMILES string of the molecule is c1cn2c(C3CCC4CCCCC4N3)nnc2cn1. The van der Waals surface area contributed by atoms with Gasteiger partial charge in [0.05, 0.1) is 12.2 Å². The van der Waals surface area contributed by atoms with Crippen LogP contribution in [0.15, 0.2) is 18.6 Å². The molecule has 4 rings (SSSR count). The standard InChI is InChI=1S/C14H19N5/c1-2-4-11-10(3-1)5-6-12(16-11)14-18-17-13-9-15-7-8-19(13)14/h7-12,16H,1-6H2. The van der Waals surface area contributed by atoms with Crippen LogP contribution in [0.2, 0.25) is 0 Å². The van der Waals surface area contributed by atoms with Gasteiger partial charge < -0.3 is 5.32 Å². The van der Waals surface area contributed by atoms with Crippen LogP contribution in [0.4, 0.5) is 0 Å². The van der Waals surface area contributed by atoms with Crippen LogP contribution in [0.5, 0.6) is 0 Å². The van der Waals surface area contributed by atoms with E-state index in [0.717, 1.165) is 17.4 Å². The molecule has 2 aliphatic rings. The Labute approximate surface area is 112 Å². The van der Waals surface area contributed by atoms with Crippen LogP contribution in [0, 0.1) is 5.92 Å². The Balaban J connectivity index is 1.62. The normalized spacial score (nSPS) is 31.3. The minimum Gasteiger partial charge on any atom is -0.304 e. The number of nitrogens with one attached hydrogen (secondary N) is 1. The van der Waals surface area contributed by atoms with Crippen LogP contribution in [0.25, 0.3) is 5.65 Å². The molecule has 1 saturated heterocycles. The molecule has 1 aliphatic carbocycles. The first-order chi connectivity index (χ1) is 9.42. The van der Waals surface area contributed by atoms with Crippen molar-refractivity contribution >= 4 is 5.65 Å². The van der Waals surface area contributed by atoms with Crippen LogP contribution in [-0.4, -0.2) is 25.6 Å². The Kier molecular flexibility index (Phi) is 2.72. The van der Waals surface area contributed by atoms with Crippen molar-refractivity contribution in [3.8, 4) is 0 Å². The highest BCUT2D eigenvalue weighted by Crippen LogP contribution is 2.36. The summed E-state index contributed by atoms with van der Waals surface area (Å²) in [6.45, 7) is 0. The van der Waals surface area contributed by atoms with Gasteiger partial charge in [0.15, 0.2) is 11.5 Å². The Morgan fingerprint density at radius 2 is 2.05 bits per heavy atom. The topological polar surface area (TPSA) is 55.1 Å². The fourth-order valence-electron chi connectivity index (χ4n) is 3.71. The molecule has 5 nitrogen and oxygen atoms in total. The lowest BCUT2D eigenvalue weighted by Gasteiger charge is -2.39. The fourth-order valence-corrected chi connectivity index (χ4v) is 3.71. The molecule has 1 N–H and O–H groups in total. The molecule has 1 saturated carbocycles. The molecular formula is C14H19N5. The number of nitrogens with zero attached hydrogens (tertiary/aromatic N) is 4. The molecule has 5 heteroatoms. The van der Waals surface area contributed by atoms with Crippen molar-refractivity contribution in [3.63, 3.8) is 0 Å². The molecule has 3 atom stereocenters. The molecule has 19 heavy (non-hydrogen) atoms. The summed E-state index contributed by atoms with van der Waals surface area (Å²) in [7, 11) is 0. The maximum absolute atomic E-state index is 4.37. The maximum Gasteiger partial charge on any atom is 0.179 e. The third-order valence-electron chi connectivity index (χ3n) is 4.70. The molecular weight excluding hydrogens is 238 g/mol. The van der Waals surface area contributed by atoms with Crippen LogP contribution in [-0.2, 0) is 0 Å². The van der Waals surface area contributed by atoms with Crippen molar-refractivity contribution in [2.24, 2.45) is 5.92 Å². The summed E-state index contributed by atoms with van der Waals surface area (Å²) < 4.78 is 2.06. The van der Waals surface area contributed by atoms with Gasteiger partial charge in [0.25, 0.3) is 0 Å². The van der Waals surface area contributed by atoms with E-state index in [0.29, 0.717) is 12.1 Å². The molecule has 1 aliphatic heterocycles. The van der Waals surface area contributed by atoms with E-state index in [9.17, 15) is 0 Å². The Morgan fingerprint density at radius 3 is 3.05 bits per heavy atom. The van der Waals surface area contributed by atoms with E-state index >= 15 is 0 Å². The van der Waals surface area contributed by atoms with Crippen LogP contribution in [0.1, 0.15) is 50.4 Å². The smallest absolute Gasteiger partial charge is 0.179 e. The molecule has 100 valence electrons. The molecule has 0 spiro atoms. The highest BCUT2D eigenvalue weighted by Gasteiger charge is 2.33. The van der Waals surface area contributed by atoms with Gasteiger partial charge >= 0.3 is 0 Å². The summed E-state index contributed by atoms with van der Waals surface area (Å²) >= 11 is 0. The Bertz CT molecular complexity index is 578. The van der Waals surface area contributed by atoms with Crippen molar-refractivity contribution in [1.82, 2.24) is 24.9 Å². The van der Waals surface area contributed by atoms with E-state index in [1.165, 1.54) is 38.5 Å². The highest BCUT2D eigenvalue weighted by molar-refractivity contribution is 5.34. The average molecular weight is 257 g/mol. The summed E-state index contributed by atoms with van der Waals surface area (Å²) in [5, 5.41) is 12.4. The third-order valence-corrected chi connectivity index (χ3v) is 4.70. The number of piperidine rings is 1. The summed E-state index contributed by atoms with van der Waals surface area (Å²) in [4.78, 5) is 4.09. The first-order valence-corrected chi connectivity index (χ1v) is 7.32. The monoisotopic (exact) mass is 257 g/mol. The van der Waals surface area contributed by atoms with Gasteiger partial charge in [0, 0.05) is 18.4 Å². The van der Waals surface area contributed by atoms with E-state index in [1.54, 1.807) is 12.4 Å². The van der Waals surface area contributed by atoms with E-state index in [4.69, 9.17) is 0 Å². The van der Waals surface area contributed by atoms with Crippen LogP contribution in [0.3, 0.4) is 0 Å². The van der Waals surface area contributed by atoms with Crippen LogP contribution < -0.4 is 5.32 Å². The minimum atomic E-state index is 0.344. The second-order valence-corrected chi connectivity index (χ2v) is 5.81. The zero-order valence-electron chi connectivity index (χ0n) is 11.0. The second kappa shape index (κ2) is 4.56. The van der Waals surface area contributed by atoms with Gasteiger partial charge in [-0.2, -0.15) is 0 Å².